The maximum Gasteiger partial charge on any atom is 0.308 e. The highest BCUT2D eigenvalue weighted by molar-refractivity contribution is 5.77. The van der Waals surface area contributed by atoms with E-state index < -0.39 is 47.1 Å². The Kier molecular flexibility index (Phi) is 8.15. The molecule has 0 aromatic heterocycles. The second kappa shape index (κ2) is 10.8. The molecule has 0 aliphatic carbocycles. The minimum Gasteiger partial charge on any atom is -0.502 e. The van der Waals surface area contributed by atoms with Crippen LogP contribution in [0, 0.1) is 0 Å². The molecule has 2 rings (SSSR count). The zero-order valence-corrected chi connectivity index (χ0v) is 18.7. The van der Waals surface area contributed by atoms with Crippen molar-refractivity contribution in [2.45, 2.75) is 34.6 Å². The van der Waals surface area contributed by atoms with Gasteiger partial charge in [-0.25, -0.2) is 0 Å². The van der Waals surface area contributed by atoms with Gasteiger partial charge in [0.05, 0.1) is 0 Å². The van der Waals surface area contributed by atoms with Gasteiger partial charge in [-0.1, -0.05) is 0 Å². The monoisotopic (exact) mass is 476 g/mol. The second-order valence-corrected chi connectivity index (χ2v) is 6.59. The summed E-state index contributed by atoms with van der Waals surface area (Å²) < 4.78 is 30.7. The van der Waals surface area contributed by atoms with Crippen molar-refractivity contribution in [2.75, 3.05) is 0 Å². The third kappa shape index (κ3) is 7.22. The topological polar surface area (TPSA) is 161 Å². The molecule has 12 heteroatoms. The minimum atomic E-state index is -0.798. The zero-order chi connectivity index (χ0) is 25.6. The Bertz CT molecular complexity index is 1090. The molecule has 34 heavy (non-hydrogen) atoms. The zero-order valence-electron chi connectivity index (χ0n) is 18.7. The molecule has 0 fully saturated rings. The van der Waals surface area contributed by atoms with E-state index in [-0.39, 0.29) is 28.7 Å². The van der Waals surface area contributed by atoms with Crippen LogP contribution in [-0.4, -0.2) is 35.0 Å². The average Bonchev–Trinajstić information content (AvgIpc) is 2.65. The Morgan fingerprint density at radius 3 is 1.21 bits per heavy atom. The molecule has 0 aliphatic rings. The van der Waals surface area contributed by atoms with E-state index >= 15 is 0 Å². The van der Waals surface area contributed by atoms with Crippen molar-refractivity contribution < 1.29 is 57.5 Å². The average molecular weight is 476 g/mol. The normalized spacial score (nSPS) is 10.0. The van der Waals surface area contributed by atoms with Crippen molar-refractivity contribution in [1.29, 1.82) is 0 Å². The number of phenols is 1. The number of rotatable bonds is 7. The molecule has 0 amide bonds. The summed E-state index contributed by atoms with van der Waals surface area (Å²) in [6, 6.07) is 4.40. The van der Waals surface area contributed by atoms with E-state index in [9.17, 15) is 29.1 Å². The van der Waals surface area contributed by atoms with Crippen LogP contribution in [0.25, 0.3) is 0 Å². The molecule has 2 aromatic rings. The van der Waals surface area contributed by atoms with Gasteiger partial charge in [-0.15, -0.1) is 0 Å². The number of phenolic OH excluding ortho intramolecular Hbond substituents is 1. The van der Waals surface area contributed by atoms with Crippen LogP contribution in [0.3, 0.4) is 0 Å². The Hall–Kier alpha value is -4.61. The van der Waals surface area contributed by atoms with Crippen LogP contribution in [0.5, 0.6) is 46.0 Å². The van der Waals surface area contributed by atoms with Crippen molar-refractivity contribution in [3.63, 3.8) is 0 Å². The highest BCUT2D eigenvalue weighted by Gasteiger charge is 2.23. The molecule has 12 nitrogen and oxygen atoms in total. The summed E-state index contributed by atoms with van der Waals surface area (Å²) >= 11 is 0. The van der Waals surface area contributed by atoms with E-state index in [1.54, 1.807) is 0 Å². The summed E-state index contributed by atoms with van der Waals surface area (Å²) in [7, 11) is 0. The Morgan fingerprint density at radius 1 is 0.529 bits per heavy atom. The van der Waals surface area contributed by atoms with E-state index in [1.165, 1.54) is 0 Å². The van der Waals surface area contributed by atoms with Gasteiger partial charge < -0.3 is 33.5 Å². The molecular formula is C22H20O12. The van der Waals surface area contributed by atoms with Gasteiger partial charge in [0.25, 0.3) is 0 Å². The summed E-state index contributed by atoms with van der Waals surface area (Å²) in [5.41, 5.74) is 0. The first kappa shape index (κ1) is 25.6. The predicted octanol–water partition coefficient (Wildman–Crippen LogP) is 2.81. The van der Waals surface area contributed by atoms with E-state index in [0.29, 0.717) is 0 Å². The molecule has 0 bridgehead atoms. The van der Waals surface area contributed by atoms with E-state index in [0.717, 1.165) is 58.9 Å². The van der Waals surface area contributed by atoms with Gasteiger partial charge in [-0.2, -0.15) is 0 Å². The minimum absolute atomic E-state index is 0.126. The Labute approximate surface area is 192 Å². The highest BCUT2D eigenvalue weighted by Crippen LogP contribution is 2.47. The largest absolute Gasteiger partial charge is 0.502 e. The number of carbonyl (C=O) groups excluding carboxylic acids is 5. The predicted molar refractivity (Wildman–Crippen MR) is 111 cm³/mol. The van der Waals surface area contributed by atoms with Crippen molar-refractivity contribution in [1.82, 2.24) is 0 Å². The molecule has 1 N–H and O–H groups in total. The number of esters is 5. The van der Waals surface area contributed by atoms with E-state index in [1.807, 2.05) is 0 Å². The summed E-state index contributed by atoms with van der Waals surface area (Å²) in [5, 5.41) is 10.2. The quantitative estimate of drug-likeness (QED) is 0.460. The molecule has 0 saturated heterocycles. The van der Waals surface area contributed by atoms with E-state index in [4.69, 9.17) is 28.4 Å². The van der Waals surface area contributed by atoms with Crippen molar-refractivity contribution in [3.8, 4) is 46.0 Å². The lowest BCUT2D eigenvalue weighted by atomic mass is 10.2. The van der Waals surface area contributed by atoms with Crippen LogP contribution >= 0.6 is 0 Å². The summed E-state index contributed by atoms with van der Waals surface area (Å²) in [5.74, 6) is -6.62. The lowest BCUT2D eigenvalue weighted by Gasteiger charge is -2.17. The van der Waals surface area contributed by atoms with Crippen LogP contribution in [0.4, 0.5) is 0 Å². The third-order valence-electron chi connectivity index (χ3n) is 3.50. The van der Waals surface area contributed by atoms with Gasteiger partial charge >= 0.3 is 29.8 Å². The Morgan fingerprint density at radius 2 is 0.853 bits per heavy atom. The molecule has 0 heterocycles. The molecule has 0 unspecified atom stereocenters. The lowest BCUT2D eigenvalue weighted by molar-refractivity contribution is -0.133. The summed E-state index contributed by atoms with van der Waals surface area (Å²) in [6.45, 7) is 5.45. The number of ether oxygens (including phenoxy) is 6. The third-order valence-corrected chi connectivity index (χ3v) is 3.50. The van der Waals surface area contributed by atoms with Gasteiger partial charge in [0.2, 0.25) is 11.5 Å². The van der Waals surface area contributed by atoms with Crippen LogP contribution < -0.4 is 28.4 Å². The first-order chi connectivity index (χ1) is 15.8. The van der Waals surface area contributed by atoms with Crippen LogP contribution in [0.15, 0.2) is 24.3 Å². The van der Waals surface area contributed by atoms with Gasteiger partial charge in [0.1, 0.15) is 11.5 Å². The van der Waals surface area contributed by atoms with Gasteiger partial charge in [0.15, 0.2) is 23.0 Å². The number of hydrogen-bond acceptors (Lipinski definition) is 12. The summed E-state index contributed by atoms with van der Waals surface area (Å²) in [6.07, 6.45) is 0. The molecule has 0 saturated carbocycles. The van der Waals surface area contributed by atoms with E-state index in [2.05, 4.69) is 0 Å². The van der Waals surface area contributed by atoms with Crippen molar-refractivity contribution in [3.05, 3.63) is 24.3 Å². The molecule has 0 aliphatic heterocycles. The molecular weight excluding hydrogens is 456 g/mol. The van der Waals surface area contributed by atoms with Gasteiger partial charge in [-0.3, -0.25) is 24.0 Å². The number of carbonyl (C=O) groups is 5. The molecule has 0 radical (unpaired) electrons. The SMILES string of the molecule is CC(=O)Oc1cc(OC(C)=O)c(Oc2cc(OC(C)=O)c(O)c(OC(C)=O)c2)c(OC(C)=O)c1. The smallest absolute Gasteiger partial charge is 0.308 e. The molecule has 0 spiro atoms. The van der Waals surface area contributed by atoms with Crippen LogP contribution in [0.1, 0.15) is 34.6 Å². The number of aromatic hydroxyl groups is 1. The van der Waals surface area contributed by atoms with Gasteiger partial charge in [0, 0.05) is 58.9 Å². The Balaban J connectivity index is 2.70. The van der Waals surface area contributed by atoms with Gasteiger partial charge in [-0.05, 0) is 0 Å². The first-order valence-corrected chi connectivity index (χ1v) is 9.50. The van der Waals surface area contributed by atoms with Crippen LogP contribution in [0.2, 0.25) is 0 Å². The maximum atomic E-state index is 11.6. The summed E-state index contributed by atoms with van der Waals surface area (Å²) in [4.78, 5) is 57.5. The fourth-order valence-electron chi connectivity index (χ4n) is 2.54. The fourth-order valence-corrected chi connectivity index (χ4v) is 2.54. The standard InChI is InChI=1S/C22H20O12/c1-10(23)29-15-8-19(32-13(4)26)22(20(9-15)33-14(5)27)34-16-6-17(30-11(2)24)21(28)18(7-16)31-12(3)25/h6-9,28H,1-5H3. The maximum absolute atomic E-state index is 11.6. The number of hydrogen-bond donors (Lipinski definition) is 1. The molecule has 180 valence electrons. The lowest BCUT2D eigenvalue weighted by Crippen LogP contribution is -2.09. The first-order valence-electron chi connectivity index (χ1n) is 9.50. The highest BCUT2D eigenvalue weighted by atomic mass is 16.6. The molecule has 0 atom stereocenters. The second-order valence-electron chi connectivity index (χ2n) is 6.59. The fraction of sp³-hybridized carbons (Fsp3) is 0.227. The van der Waals surface area contributed by atoms with Crippen molar-refractivity contribution >= 4 is 29.8 Å². The molecule has 2 aromatic carbocycles. The van der Waals surface area contributed by atoms with Crippen LogP contribution in [-0.2, 0) is 24.0 Å². The van der Waals surface area contributed by atoms with Crippen molar-refractivity contribution in [2.24, 2.45) is 0 Å². The number of benzene rings is 2.